The van der Waals surface area contributed by atoms with Crippen LogP contribution in [0.2, 0.25) is 0 Å². The Hall–Kier alpha value is -2.19. The van der Waals surface area contributed by atoms with Crippen molar-refractivity contribution in [3.8, 4) is 23.2 Å². The lowest BCUT2D eigenvalue weighted by Gasteiger charge is -2.18. The summed E-state index contributed by atoms with van der Waals surface area (Å²) in [6.45, 7) is 7.06. The Labute approximate surface area is 148 Å². The van der Waals surface area contributed by atoms with Crippen LogP contribution in [0.25, 0.3) is 11.4 Å². The minimum atomic E-state index is -0.0243. The summed E-state index contributed by atoms with van der Waals surface area (Å²) in [5.41, 5.74) is 3.70. The molecule has 1 saturated heterocycles. The van der Waals surface area contributed by atoms with E-state index < -0.39 is 0 Å². The number of ether oxygens (including phenoxy) is 1. The molecule has 1 atom stereocenters. The first-order chi connectivity index (χ1) is 12.0. The molecular formula is C20H24N4O. The zero-order valence-corrected chi connectivity index (χ0v) is 15.1. The summed E-state index contributed by atoms with van der Waals surface area (Å²) < 4.78 is 7.90. The minimum absolute atomic E-state index is 0.0243. The Morgan fingerprint density at radius 1 is 1.32 bits per heavy atom. The Balaban J connectivity index is 1.47. The van der Waals surface area contributed by atoms with Crippen LogP contribution in [0.4, 0.5) is 0 Å². The second-order valence-corrected chi connectivity index (χ2v) is 7.80. The third-order valence-electron chi connectivity index (χ3n) is 4.80. The van der Waals surface area contributed by atoms with Crippen molar-refractivity contribution < 1.29 is 4.74 Å². The lowest BCUT2D eigenvalue weighted by molar-refractivity contribution is -0.0231. The van der Waals surface area contributed by atoms with Gasteiger partial charge in [-0.3, -0.25) is 4.98 Å². The first-order valence-corrected chi connectivity index (χ1v) is 9.05. The highest BCUT2D eigenvalue weighted by Gasteiger charge is 2.32. The number of pyridine rings is 1. The fourth-order valence-electron chi connectivity index (χ4n) is 3.24. The number of hydrogen-bond acceptors (Lipinski definition) is 4. The van der Waals surface area contributed by atoms with Gasteiger partial charge in [-0.05, 0) is 58.1 Å². The summed E-state index contributed by atoms with van der Waals surface area (Å²) in [6.07, 6.45) is 8.62. The van der Waals surface area contributed by atoms with Gasteiger partial charge in [-0.2, -0.15) is 0 Å². The van der Waals surface area contributed by atoms with E-state index in [0.717, 1.165) is 41.9 Å². The Kier molecular flexibility index (Phi) is 4.09. The minimum Gasteiger partial charge on any atom is -0.370 e. The molecule has 2 fully saturated rings. The van der Waals surface area contributed by atoms with Crippen LogP contribution in [0, 0.1) is 24.7 Å². The third-order valence-corrected chi connectivity index (χ3v) is 4.80. The number of aryl methyl sites for hydroxylation is 1. The molecule has 0 radical (unpaired) electrons. The van der Waals surface area contributed by atoms with E-state index in [1.165, 1.54) is 12.8 Å². The Morgan fingerprint density at radius 3 is 2.84 bits per heavy atom. The van der Waals surface area contributed by atoms with Gasteiger partial charge in [-0.15, -0.1) is 5.10 Å². The van der Waals surface area contributed by atoms with Crippen LogP contribution in [-0.4, -0.2) is 31.7 Å². The molecule has 1 saturated carbocycles. The van der Waals surface area contributed by atoms with E-state index >= 15 is 0 Å². The van der Waals surface area contributed by atoms with Gasteiger partial charge in [0.15, 0.2) is 0 Å². The van der Waals surface area contributed by atoms with E-state index in [4.69, 9.17) is 4.74 Å². The lowest BCUT2D eigenvalue weighted by Crippen LogP contribution is -2.23. The SMILES string of the molecule is Cc1cc(C#CC2CC2)cnc1-c1cn(CC2CCC(C)(C)O2)nn1. The van der Waals surface area contributed by atoms with E-state index in [9.17, 15) is 0 Å². The molecular weight excluding hydrogens is 312 g/mol. The maximum atomic E-state index is 6.04. The molecule has 2 aromatic rings. The van der Waals surface area contributed by atoms with E-state index in [1.54, 1.807) is 0 Å². The number of rotatable bonds is 3. The van der Waals surface area contributed by atoms with Crippen molar-refractivity contribution in [2.45, 2.75) is 64.7 Å². The van der Waals surface area contributed by atoms with Crippen molar-refractivity contribution >= 4 is 0 Å². The van der Waals surface area contributed by atoms with E-state index in [2.05, 4.69) is 47.1 Å². The molecule has 5 heteroatoms. The van der Waals surface area contributed by atoms with Gasteiger partial charge < -0.3 is 4.74 Å². The molecule has 3 heterocycles. The van der Waals surface area contributed by atoms with Gasteiger partial charge >= 0.3 is 0 Å². The van der Waals surface area contributed by atoms with Crippen LogP contribution in [0.5, 0.6) is 0 Å². The van der Waals surface area contributed by atoms with Gasteiger partial charge in [0.05, 0.1) is 30.1 Å². The molecule has 25 heavy (non-hydrogen) atoms. The summed E-state index contributed by atoms with van der Waals surface area (Å²) in [7, 11) is 0. The molecule has 4 rings (SSSR count). The molecule has 0 amide bonds. The number of hydrogen-bond donors (Lipinski definition) is 0. The van der Waals surface area contributed by atoms with Crippen LogP contribution in [-0.2, 0) is 11.3 Å². The van der Waals surface area contributed by atoms with Crippen molar-refractivity contribution in [1.29, 1.82) is 0 Å². The third kappa shape index (κ3) is 3.91. The molecule has 0 bridgehead atoms. The standard InChI is InChI=1S/C20H24N4O/c1-14-10-16(7-6-15-4-5-15)11-21-19(14)18-13-24(23-22-18)12-17-8-9-20(2,3)25-17/h10-11,13,15,17H,4-5,8-9,12H2,1-3H3. The van der Waals surface area contributed by atoms with Crippen LogP contribution in [0.1, 0.15) is 50.7 Å². The second-order valence-electron chi connectivity index (χ2n) is 7.80. The fraction of sp³-hybridized carbons (Fsp3) is 0.550. The molecule has 5 nitrogen and oxygen atoms in total. The van der Waals surface area contributed by atoms with E-state index in [-0.39, 0.29) is 11.7 Å². The number of nitrogens with zero attached hydrogens (tertiary/aromatic N) is 4. The first-order valence-electron chi connectivity index (χ1n) is 9.05. The monoisotopic (exact) mass is 336 g/mol. The Bertz CT molecular complexity index is 839. The van der Waals surface area contributed by atoms with Crippen molar-refractivity contribution in [3.05, 3.63) is 29.6 Å². The topological polar surface area (TPSA) is 52.8 Å². The summed E-state index contributed by atoms with van der Waals surface area (Å²) in [4.78, 5) is 4.57. The highest BCUT2D eigenvalue weighted by Crippen LogP contribution is 2.30. The highest BCUT2D eigenvalue weighted by molar-refractivity contribution is 5.58. The van der Waals surface area contributed by atoms with Crippen LogP contribution in [0.3, 0.4) is 0 Å². The Morgan fingerprint density at radius 2 is 2.16 bits per heavy atom. The molecule has 1 aliphatic carbocycles. The molecule has 2 aliphatic rings. The predicted molar refractivity (Wildman–Crippen MR) is 95.8 cm³/mol. The van der Waals surface area contributed by atoms with Gasteiger partial charge in [-0.1, -0.05) is 17.1 Å². The zero-order valence-electron chi connectivity index (χ0n) is 15.1. The fourth-order valence-corrected chi connectivity index (χ4v) is 3.24. The normalized spacial score (nSPS) is 21.8. The van der Waals surface area contributed by atoms with Crippen LogP contribution in [0.15, 0.2) is 18.5 Å². The van der Waals surface area contributed by atoms with Crippen LogP contribution >= 0.6 is 0 Å². The second kappa shape index (κ2) is 6.27. The molecule has 0 aromatic carbocycles. The molecule has 0 spiro atoms. The van der Waals surface area contributed by atoms with Gasteiger partial charge in [0, 0.05) is 17.7 Å². The van der Waals surface area contributed by atoms with Gasteiger partial charge in [0.25, 0.3) is 0 Å². The largest absolute Gasteiger partial charge is 0.370 e. The molecule has 130 valence electrons. The summed E-state index contributed by atoms with van der Waals surface area (Å²) >= 11 is 0. The first kappa shape index (κ1) is 16.3. The summed E-state index contributed by atoms with van der Waals surface area (Å²) in [5, 5.41) is 8.55. The molecule has 2 aromatic heterocycles. The van der Waals surface area contributed by atoms with E-state index in [0.29, 0.717) is 5.92 Å². The van der Waals surface area contributed by atoms with Crippen molar-refractivity contribution in [1.82, 2.24) is 20.0 Å². The van der Waals surface area contributed by atoms with Crippen molar-refractivity contribution in [3.63, 3.8) is 0 Å². The predicted octanol–water partition coefficient (Wildman–Crippen LogP) is 3.37. The molecule has 1 unspecified atom stereocenters. The maximum Gasteiger partial charge on any atom is 0.131 e. The van der Waals surface area contributed by atoms with Gasteiger partial charge in [0.2, 0.25) is 0 Å². The number of aromatic nitrogens is 4. The summed E-state index contributed by atoms with van der Waals surface area (Å²) in [6, 6.07) is 2.08. The van der Waals surface area contributed by atoms with E-state index in [1.807, 2.05) is 24.0 Å². The van der Waals surface area contributed by atoms with Crippen LogP contribution < -0.4 is 0 Å². The lowest BCUT2D eigenvalue weighted by atomic mass is 10.1. The van der Waals surface area contributed by atoms with Gasteiger partial charge in [-0.25, -0.2) is 4.68 Å². The smallest absolute Gasteiger partial charge is 0.131 e. The van der Waals surface area contributed by atoms with Crippen molar-refractivity contribution in [2.24, 2.45) is 5.92 Å². The average molecular weight is 336 g/mol. The van der Waals surface area contributed by atoms with Gasteiger partial charge in [0.1, 0.15) is 5.69 Å². The highest BCUT2D eigenvalue weighted by atomic mass is 16.5. The zero-order chi connectivity index (χ0) is 17.4. The quantitative estimate of drug-likeness (QED) is 0.807. The van der Waals surface area contributed by atoms with Crippen molar-refractivity contribution in [2.75, 3.05) is 0 Å². The maximum absolute atomic E-state index is 6.04. The average Bonchev–Trinajstić information content (AvgIpc) is 3.18. The summed E-state index contributed by atoms with van der Waals surface area (Å²) in [5.74, 6) is 7.09. The molecule has 1 aliphatic heterocycles. The molecule has 0 N–H and O–H groups in total.